The molecule has 2 rings (SSSR count). The van der Waals surface area contributed by atoms with Crippen molar-refractivity contribution in [3.05, 3.63) is 60.8 Å². The number of anilines is 1. The van der Waals surface area contributed by atoms with Gasteiger partial charge in [-0.15, -0.1) is 11.3 Å². The van der Waals surface area contributed by atoms with Gasteiger partial charge < -0.3 is 0 Å². The second-order valence-electron chi connectivity index (χ2n) is 3.92. The van der Waals surface area contributed by atoms with Crippen LogP contribution in [0.2, 0.25) is 0 Å². The molecule has 0 fully saturated rings. The van der Waals surface area contributed by atoms with Crippen LogP contribution in [-0.2, 0) is 6.42 Å². The van der Waals surface area contributed by atoms with Crippen molar-refractivity contribution in [3.8, 4) is 0 Å². The molecule has 21 heavy (non-hydrogen) atoms. The average molecular weight is 306 g/mol. The van der Waals surface area contributed by atoms with Gasteiger partial charge in [0.25, 0.3) is 5.69 Å². The van der Waals surface area contributed by atoms with E-state index in [2.05, 4.69) is 10.5 Å². The molecule has 2 aromatic rings. The molecule has 0 spiro atoms. The number of rotatable bonds is 6. The number of nitro benzene ring substituents is 2. The Bertz CT molecular complexity index is 685. The molecule has 0 radical (unpaired) electrons. The molecular formula is C12H10N4O4S. The molecule has 0 aliphatic rings. The van der Waals surface area contributed by atoms with Crippen LogP contribution in [0.15, 0.2) is 40.8 Å². The van der Waals surface area contributed by atoms with Crippen LogP contribution in [0.25, 0.3) is 0 Å². The molecule has 1 heterocycles. The second kappa shape index (κ2) is 6.57. The number of nitro groups is 2. The standard InChI is InChI=1S/C12H10N4O4S/c17-15(18)9-3-4-11(12(8-9)16(19)20)14-13-6-5-10-2-1-7-21-10/h1-4,6-8,14H,5H2/b13-6+. The SMILES string of the molecule is O=[N+]([O-])c1ccc(N/N=C/Cc2cccs2)c([N+](=O)[O-])c1. The molecule has 9 heteroatoms. The van der Waals surface area contributed by atoms with Crippen molar-refractivity contribution < 1.29 is 9.85 Å². The van der Waals surface area contributed by atoms with Crippen molar-refractivity contribution in [2.24, 2.45) is 5.10 Å². The van der Waals surface area contributed by atoms with E-state index in [0.29, 0.717) is 6.42 Å². The van der Waals surface area contributed by atoms with Gasteiger partial charge in [0.2, 0.25) is 0 Å². The van der Waals surface area contributed by atoms with Crippen LogP contribution >= 0.6 is 11.3 Å². The van der Waals surface area contributed by atoms with E-state index in [9.17, 15) is 20.2 Å². The maximum absolute atomic E-state index is 10.9. The molecule has 0 saturated heterocycles. The Balaban J connectivity index is 2.10. The Morgan fingerprint density at radius 1 is 1.24 bits per heavy atom. The Kier molecular flexibility index (Phi) is 4.57. The highest BCUT2D eigenvalue weighted by Gasteiger charge is 2.18. The number of hydrazone groups is 1. The minimum atomic E-state index is -0.690. The summed E-state index contributed by atoms with van der Waals surface area (Å²) in [6, 6.07) is 7.22. The molecule has 0 atom stereocenters. The fraction of sp³-hybridized carbons (Fsp3) is 0.0833. The lowest BCUT2D eigenvalue weighted by atomic mass is 10.2. The summed E-state index contributed by atoms with van der Waals surface area (Å²) in [5, 5.41) is 27.4. The van der Waals surface area contributed by atoms with Crippen molar-refractivity contribution in [1.82, 2.24) is 0 Å². The number of hydrogen-bond donors (Lipinski definition) is 1. The van der Waals surface area contributed by atoms with Gasteiger partial charge in [-0.25, -0.2) is 0 Å². The quantitative estimate of drug-likeness (QED) is 0.500. The predicted octanol–water partition coefficient (Wildman–Crippen LogP) is 3.20. The van der Waals surface area contributed by atoms with Gasteiger partial charge in [-0.2, -0.15) is 5.10 Å². The molecule has 0 aliphatic heterocycles. The van der Waals surface area contributed by atoms with Gasteiger partial charge in [0.05, 0.1) is 15.9 Å². The fourth-order valence-electron chi connectivity index (χ4n) is 1.56. The zero-order valence-electron chi connectivity index (χ0n) is 10.6. The summed E-state index contributed by atoms with van der Waals surface area (Å²) in [6.07, 6.45) is 2.18. The minimum absolute atomic E-state index is 0.105. The van der Waals surface area contributed by atoms with Crippen LogP contribution in [-0.4, -0.2) is 16.1 Å². The van der Waals surface area contributed by atoms with E-state index in [1.54, 1.807) is 17.6 Å². The van der Waals surface area contributed by atoms with Crippen LogP contribution in [0.5, 0.6) is 0 Å². The lowest BCUT2D eigenvalue weighted by Crippen LogP contribution is -1.98. The summed E-state index contributed by atoms with van der Waals surface area (Å²) < 4.78 is 0. The molecule has 0 bridgehead atoms. The number of benzene rings is 1. The number of hydrogen-bond acceptors (Lipinski definition) is 7. The first-order valence-electron chi connectivity index (χ1n) is 5.80. The molecule has 0 amide bonds. The van der Waals surface area contributed by atoms with Crippen LogP contribution in [0.1, 0.15) is 4.88 Å². The first-order chi connectivity index (χ1) is 10.1. The molecule has 1 aromatic carbocycles. The van der Waals surface area contributed by atoms with Gasteiger partial charge in [-0.05, 0) is 17.5 Å². The van der Waals surface area contributed by atoms with Crippen LogP contribution in [0.4, 0.5) is 17.1 Å². The number of non-ortho nitro benzene ring substituents is 1. The Morgan fingerprint density at radius 2 is 2.05 bits per heavy atom. The number of nitrogens with one attached hydrogen (secondary N) is 1. The molecular weight excluding hydrogens is 296 g/mol. The summed E-state index contributed by atoms with van der Waals surface area (Å²) in [5.41, 5.74) is 1.91. The highest BCUT2D eigenvalue weighted by atomic mass is 32.1. The smallest absolute Gasteiger partial charge is 0.272 e. The summed E-state index contributed by atoms with van der Waals surface area (Å²) in [6.45, 7) is 0. The minimum Gasteiger partial charge on any atom is -0.272 e. The van der Waals surface area contributed by atoms with Gasteiger partial charge in [0.1, 0.15) is 5.69 Å². The first kappa shape index (κ1) is 14.6. The molecule has 0 aliphatic carbocycles. The highest BCUT2D eigenvalue weighted by molar-refractivity contribution is 7.10. The third-order valence-electron chi connectivity index (χ3n) is 2.54. The number of nitrogens with zero attached hydrogens (tertiary/aromatic N) is 3. The van der Waals surface area contributed by atoms with Gasteiger partial charge in [0, 0.05) is 23.6 Å². The van der Waals surface area contributed by atoms with Crippen molar-refractivity contribution >= 4 is 34.6 Å². The third kappa shape index (κ3) is 3.83. The highest BCUT2D eigenvalue weighted by Crippen LogP contribution is 2.28. The summed E-state index contributed by atoms with van der Waals surface area (Å²) in [7, 11) is 0. The first-order valence-corrected chi connectivity index (χ1v) is 6.68. The van der Waals surface area contributed by atoms with E-state index in [-0.39, 0.29) is 11.4 Å². The zero-order valence-corrected chi connectivity index (χ0v) is 11.4. The van der Waals surface area contributed by atoms with Crippen LogP contribution in [0.3, 0.4) is 0 Å². The average Bonchev–Trinajstić information content (AvgIpc) is 2.96. The maximum atomic E-state index is 10.9. The van der Waals surface area contributed by atoms with Gasteiger partial charge in [-0.3, -0.25) is 25.7 Å². The zero-order chi connectivity index (χ0) is 15.2. The fourth-order valence-corrected chi connectivity index (χ4v) is 2.22. The molecule has 108 valence electrons. The van der Waals surface area contributed by atoms with E-state index < -0.39 is 15.5 Å². The summed E-state index contributed by atoms with van der Waals surface area (Å²) >= 11 is 1.58. The lowest BCUT2D eigenvalue weighted by Gasteiger charge is -2.01. The second-order valence-corrected chi connectivity index (χ2v) is 4.95. The molecule has 0 saturated carbocycles. The van der Waals surface area contributed by atoms with Gasteiger partial charge in [0.15, 0.2) is 0 Å². The van der Waals surface area contributed by atoms with E-state index in [0.717, 1.165) is 10.9 Å². The topological polar surface area (TPSA) is 111 Å². The Morgan fingerprint density at radius 3 is 2.67 bits per heavy atom. The normalized spacial score (nSPS) is 10.7. The monoisotopic (exact) mass is 306 g/mol. The van der Waals surface area contributed by atoms with E-state index in [1.807, 2.05) is 17.5 Å². The van der Waals surface area contributed by atoms with Crippen molar-refractivity contribution in [2.45, 2.75) is 6.42 Å². The predicted molar refractivity (Wildman–Crippen MR) is 79.9 cm³/mol. The maximum Gasteiger partial charge on any atom is 0.301 e. The molecule has 0 unspecified atom stereocenters. The summed E-state index contributed by atoms with van der Waals surface area (Å²) in [5.74, 6) is 0. The van der Waals surface area contributed by atoms with Crippen molar-refractivity contribution in [3.63, 3.8) is 0 Å². The van der Waals surface area contributed by atoms with E-state index in [4.69, 9.17) is 0 Å². The van der Waals surface area contributed by atoms with E-state index >= 15 is 0 Å². The van der Waals surface area contributed by atoms with Crippen LogP contribution < -0.4 is 5.43 Å². The Labute approximate surface area is 123 Å². The molecule has 1 N–H and O–H groups in total. The van der Waals surface area contributed by atoms with Crippen molar-refractivity contribution in [1.29, 1.82) is 0 Å². The number of thiophene rings is 1. The van der Waals surface area contributed by atoms with Gasteiger partial charge >= 0.3 is 5.69 Å². The van der Waals surface area contributed by atoms with Crippen LogP contribution in [0, 0.1) is 20.2 Å². The largest absolute Gasteiger partial charge is 0.301 e. The van der Waals surface area contributed by atoms with E-state index in [1.165, 1.54) is 12.1 Å². The molecule has 1 aromatic heterocycles. The van der Waals surface area contributed by atoms with Crippen molar-refractivity contribution in [2.75, 3.05) is 5.43 Å². The van der Waals surface area contributed by atoms with Gasteiger partial charge in [-0.1, -0.05) is 6.07 Å². The Hall–Kier alpha value is -2.81. The lowest BCUT2D eigenvalue weighted by molar-refractivity contribution is -0.393. The molecule has 8 nitrogen and oxygen atoms in total. The third-order valence-corrected chi connectivity index (χ3v) is 3.44. The summed E-state index contributed by atoms with van der Waals surface area (Å²) in [4.78, 5) is 21.3.